The molecule has 1 aromatic heterocycles. The molecule has 2 heterocycles. The van der Waals surface area contributed by atoms with Gasteiger partial charge < -0.3 is 19.9 Å². The molecule has 7 heteroatoms. The average Bonchev–Trinajstić information content (AvgIpc) is 3.22. The van der Waals surface area contributed by atoms with Crippen LogP contribution < -0.4 is 10.6 Å². The fourth-order valence-electron chi connectivity index (χ4n) is 2.75. The van der Waals surface area contributed by atoms with Crippen LogP contribution in [0.2, 0.25) is 0 Å². The number of nitrogens with zero attached hydrogens (tertiary/aromatic N) is 4. The van der Waals surface area contributed by atoms with Crippen molar-refractivity contribution in [2.24, 2.45) is 18.0 Å². The van der Waals surface area contributed by atoms with Crippen molar-refractivity contribution >= 4 is 5.96 Å². The van der Waals surface area contributed by atoms with Crippen molar-refractivity contribution in [1.29, 1.82) is 0 Å². The van der Waals surface area contributed by atoms with Gasteiger partial charge in [0.2, 0.25) is 0 Å². The van der Waals surface area contributed by atoms with Crippen LogP contribution in [0.15, 0.2) is 4.99 Å². The Hall–Kier alpha value is -1.63. The number of aromatic nitrogens is 3. The van der Waals surface area contributed by atoms with Crippen molar-refractivity contribution in [1.82, 2.24) is 25.4 Å². The Morgan fingerprint density at radius 3 is 2.71 bits per heavy atom. The van der Waals surface area contributed by atoms with E-state index in [4.69, 9.17) is 4.74 Å². The molecule has 0 aromatic carbocycles. The van der Waals surface area contributed by atoms with Crippen molar-refractivity contribution < 1.29 is 4.74 Å². The number of aryl methyl sites for hydroxylation is 1. The molecule has 0 amide bonds. The zero-order valence-electron chi connectivity index (χ0n) is 15.5. The lowest BCUT2D eigenvalue weighted by molar-refractivity contribution is 0.113. The summed E-state index contributed by atoms with van der Waals surface area (Å²) < 4.78 is 7.66. The van der Waals surface area contributed by atoms with Crippen LogP contribution in [0.3, 0.4) is 0 Å². The molecule has 0 saturated carbocycles. The lowest BCUT2D eigenvalue weighted by atomic mass is 10.0. The number of nitrogens with one attached hydrogen (secondary N) is 2. The number of ether oxygens (including phenoxy) is 1. The summed E-state index contributed by atoms with van der Waals surface area (Å²) in [6, 6.07) is 0. The van der Waals surface area contributed by atoms with E-state index in [1.54, 1.807) is 0 Å². The van der Waals surface area contributed by atoms with Crippen LogP contribution in [0.1, 0.15) is 51.2 Å². The minimum Gasteiger partial charge on any atom is -0.376 e. The first-order valence-electron chi connectivity index (χ1n) is 9.12. The maximum Gasteiger partial charge on any atom is 0.191 e. The molecule has 1 atom stereocenters. The largest absolute Gasteiger partial charge is 0.376 e. The highest BCUT2D eigenvalue weighted by Gasteiger charge is 2.16. The quantitative estimate of drug-likeness (QED) is 0.559. The highest BCUT2D eigenvalue weighted by atomic mass is 16.5. The van der Waals surface area contributed by atoms with Crippen LogP contribution in [0.5, 0.6) is 0 Å². The maximum atomic E-state index is 5.68. The van der Waals surface area contributed by atoms with Crippen LogP contribution in [-0.2, 0) is 18.3 Å². The number of hydrogen-bond acceptors (Lipinski definition) is 4. The molecule has 1 aliphatic heterocycles. The number of rotatable bonds is 8. The highest BCUT2D eigenvalue weighted by Crippen LogP contribution is 2.10. The number of hydrogen-bond donors (Lipinski definition) is 2. The third-order valence-electron chi connectivity index (χ3n) is 4.80. The summed E-state index contributed by atoms with van der Waals surface area (Å²) in [4.78, 5) is 4.69. The van der Waals surface area contributed by atoms with Crippen LogP contribution in [0.4, 0.5) is 0 Å². The van der Waals surface area contributed by atoms with Gasteiger partial charge in [0.1, 0.15) is 12.4 Å². The number of guanidine groups is 1. The maximum absolute atomic E-state index is 5.68. The van der Waals surface area contributed by atoms with Gasteiger partial charge in [-0.2, -0.15) is 0 Å². The van der Waals surface area contributed by atoms with Crippen molar-refractivity contribution in [2.75, 3.05) is 19.7 Å². The molecule has 1 saturated heterocycles. The van der Waals surface area contributed by atoms with Crippen LogP contribution in [0, 0.1) is 12.8 Å². The fraction of sp³-hybridized carbons (Fsp3) is 0.824. The minimum absolute atomic E-state index is 0.294. The summed E-state index contributed by atoms with van der Waals surface area (Å²) in [5.41, 5.74) is 0. The monoisotopic (exact) mass is 336 g/mol. The normalized spacial score (nSPS) is 18.4. The Bertz CT molecular complexity index is 509. The van der Waals surface area contributed by atoms with Crippen molar-refractivity contribution in [3.63, 3.8) is 0 Å². The molecule has 1 unspecified atom stereocenters. The smallest absolute Gasteiger partial charge is 0.191 e. The van der Waals surface area contributed by atoms with Gasteiger partial charge in [-0.05, 0) is 25.7 Å². The van der Waals surface area contributed by atoms with Gasteiger partial charge >= 0.3 is 0 Å². The first-order chi connectivity index (χ1) is 11.6. The van der Waals surface area contributed by atoms with E-state index in [1.807, 2.05) is 18.5 Å². The van der Waals surface area contributed by atoms with Crippen LogP contribution >= 0.6 is 0 Å². The second-order valence-electron chi connectivity index (χ2n) is 6.47. The predicted octanol–water partition coefficient (Wildman–Crippen LogP) is 1.77. The Morgan fingerprint density at radius 1 is 1.33 bits per heavy atom. The van der Waals surface area contributed by atoms with Crippen molar-refractivity contribution in [3.8, 4) is 0 Å². The van der Waals surface area contributed by atoms with E-state index in [0.717, 1.165) is 50.1 Å². The molecule has 0 bridgehead atoms. The molecule has 1 fully saturated rings. The first-order valence-corrected chi connectivity index (χ1v) is 9.12. The summed E-state index contributed by atoms with van der Waals surface area (Å²) >= 11 is 0. The van der Waals surface area contributed by atoms with Gasteiger partial charge in [0.15, 0.2) is 11.8 Å². The lowest BCUT2D eigenvalue weighted by Gasteiger charge is -2.18. The zero-order valence-corrected chi connectivity index (χ0v) is 15.5. The second kappa shape index (κ2) is 9.61. The highest BCUT2D eigenvalue weighted by molar-refractivity contribution is 5.79. The van der Waals surface area contributed by atoms with Gasteiger partial charge in [-0.15, -0.1) is 10.2 Å². The third-order valence-corrected chi connectivity index (χ3v) is 4.80. The van der Waals surface area contributed by atoms with Gasteiger partial charge in [-0.1, -0.05) is 26.7 Å². The van der Waals surface area contributed by atoms with Gasteiger partial charge in [0.25, 0.3) is 0 Å². The van der Waals surface area contributed by atoms with E-state index in [1.165, 1.54) is 12.8 Å². The summed E-state index contributed by atoms with van der Waals surface area (Å²) in [6.07, 6.45) is 4.91. The SMILES string of the molecule is CCC(CC)CNC(=NCc1nnc(C)n1C)NCC1CCCO1. The van der Waals surface area contributed by atoms with E-state index in [9.17, 15) is 0 Å². The molecule has 2 N–H and O–H groups in total. The molecule has 7 nitrogen and oxygen atoms in total. The van der Waals surface area contributed by atoms with Crippen LogP contribution in [0.25, 0.3) is 0 Å². The van der Waals surface area contributed by atoms with Gasteiger partial charge in [0.05, 0.1) is 6.10 Å². The average molecular weight is 336 g/mol. The third kappa shape index (κ3) is 5.47. The van der Waals surface area contributed by atoms with Crippen molar-refractivity contribution in [2.45, 2.75) is 59.1 Å². The molecule has 1 aliphatic rings. The van der Waals surface area contributed by atoms with Gasteiger partial charge in [-0.25, -0.2) is 4.99 Å². The minimum atomic E-state index is 0.294. The molecule has 24 heavy (non-hydrogen) atoms. The molecule has 136 valence electrons. The fourth-order valence-corrected chi connectivity index (χ4v) is 2.75. The molecule has 0 spiro atoms. The summed E-state index contributed by atoms with van der Waals surface area (Å²) in [6.45, 7) is 9.53. The van der Waals surface area contributed by atoms with E-state index in [0.29, 0.717) is 18.6 Å². The Morgan fingerprint density at radius 2 is 2.12 bits per heavy atom. The predicted molar refractivity (Wildman–Crippen MR) is 95.9 cm³/mol. The molecular weight excluding hydrogens is 304 g/mol. The first kappa shape index (κ1) is 18.7. The van der Waals surface area contributed by atoms with E-state index >= 15 is 0 Å². The standard InChI is InChI=1S/C17H32N6O/c1-5-14(6-2)10-18-17(19-11-15-8-7-9-24-15)20-12-16-22-21-13(3)23(16)4/h14-15H,5-12H2,1-4H3,(H2,18,19,20). The summed E-state index contributed by atoms with van der Waals surface area (Å²) in [5, 5.41) is 15.2. The second-order valence-corrected chi connectivity index (χ2v) is 6.47. The topological polar surface area (TPSA) is 76.4 Å². The zero-order chi connectivity index (χ0) is 17.4. The van der Waals surface area contributed by atoms with E-state index < -0.39 is 0 Å². The summed E-state index contributed by atoms with van der Waals surface area (Å²) in [7, 11) is 1.97. The molecular formula is C17H32N6O. The molecule has 0 radical (unpaired) electrons. The summed E-state index contributed by atoms with van der Waals surface area (Å²) in [5.74, 6) is 3.27. The molecule has 0 aliphatic carbocycles. The molecule has 2 rings (SSSR count). The van der Waals surface area contributed by atoms with Gasteiger partial charge in [0, 0.05) is 26.7 Å². The molecule has 1 aromatic rings. The van der Waals surface area contributed by atoms with Crippen molar-refractivity contribution in [3.05, 3.63) is 11.6 Å². The van der Waals surface area contributed by atoms with Gasteiger partial charge in [-0.3, -0.25) is 0 Å². The lowest BCUT2D eigenvalue weighted by Crippen LogP contribution is -2.42. The van der Waals surface area contributed by atoms with Crippen LogP contribution in [-0.4, -0.2) is 46.5 Å². The van der Waals surface area contributed by atoms with E-state index in [2.05, 4.69) is 39.7 Å². The Kier molecular flexibility index (Phi) is 7.49. The number of aliphatic imine (C=N–C) groups is 1. The Labute approximate surface area is 145 Å². The Balaban J connectivity index is 1.94. The van der Waals surface area contributed by atoms with E-state index in [-0.39, 0.29) is 0 Å².